The summed E-state index contributed by atoms with van der Waals surface area (Å²) in [6.07, 6.45) is -22.9. The first-order chi connectivity index (χ1) is 62.8. The van der Waals surface area contributed by atoms with Gasteiger partial charge in [-0.15, -0.1) is 22.7 Å². The molecule has 45 heteroatoms. The highest BCUT2D eigenvalue weighted by molar-refractivity contribution is 7.10. The van der Waals surface area contributed by atoms with E-state index in [0.29, 0.717) is 17.7 Å². The summed E-state index contributed by atoms with van der Waals surface area (Å²) in [7, 11) is 6.32. The van der Waals surface area contributed by atoms with Gasteiger partial charge in [-0.05, 0) is 106 Å². The molecule has 5 aromatic carbocycles. The molecule has 43 nitrogen and oxygen atoms in total. The summed E-state index contributed by atoms with van der Waals surface area (Å²) in [6.45, 7) is 5.31. The van der Waals surface area contributed by atoms with Crippen LogP contribution in [0.2, 0.25) is 0 Å². The number of benzene rings is 5. The quantitative estimate of drug-likeness (QED) is 0.0187. The number of ether oxygens (including phenoxy) is 18. The predicted octanol–water partition coefficient (Wildman–Crippen LogP) is 7.87. The lowest BCUT2D eigenvalue weighted by Gasteiger charge is -2.43. The van der Waals surface area contributed by atoms with E-state index >= 15 is 19.2 Å². The Morgan fingerprint density at radius 3 is 1.15 bits per heavy atom. The molecule has 7 aromatic rings. The summed E-state index contributed by atoms with van der Waals surface area (Å²) in [5.74, 6) is -9.70. The molecule has 2 fully saturated rings. The van der Waals surface area contributed by atoms with Gasteiger partial charge in [0.2, 0.25) is 24.8 Å². The number of aliphatic hydroxyl groups is 2. The average Bonchev–Trinajstić information content (AvgIpc) is 1.56. The number of fused-ring (bicyclic) bond motifs is 6. The van der Waals surface area contributed by atoms with Crippen LogP contribution in [0.3, 0.4) is 0 Å². The van der Waals surface area contributed by atoms with Crippen LogP contribution in [0, 0.1) is 20.2 Å². The van der Waals surface area contributed by atoms with Gasteiger partial charge >= 0.3 is 71.3 Å². The van der Waals surface area contributed by atoms with Gasteiger partial charge in [0.25, 0.3) is 11.8 Å². The Hall–Kier alpha value is -13.9. The van der Waals surface area contributed by atoms with Crippen molar-refractivity contribution in [2.75, 3.05) is 51.3 Å². The third-order valence-corrected chi connectivity index (χ3v) is 23.5. The lowest BCUT2D eigenvalue weighted by atomic mass is 9.98. The maximum Gasteiger partial charge on any atom is 0.416 e. The Morgan fingerprint density at radius 1 is 0.439 bits per heavy atom. The molecule has 2 aromatic heterocycles. The number of carbonyl (C=O) groups is 12. The van der Waals surface area contributed by atoms with Crippen molar-refractivity contribution in [2.24, 2.45) is 0 Å². The maximum absolute atomic E-state index is 15.1. The van der Waals surface area contributed by atoms with Crippen LogP contribution >= 0.6 is 22.7 Å². The number of nitro benzene ring substituents is 2. The fraction of sp³-hybridized carbons (Fsp3) is 0.425. The van der Waals surface area contributed by atoms with Gasteiger partial charge in [0, 0.05) is 122 Å². The highest BCUT2D eigenvalue weighted by atomic mass is 32.1. The molecule has 0 aliphatic carbocycles. The minimum atomic E-state index is -1.89. The van der Waals surface area contributed by atoms with Gasteiger partial charge in [-0.25, -0.2) is 19.4 Å². The molecule has 2 N–H and O–H groups in total. The molecule has 14 atom stereocenters. The zero-order valence-electron chi connectivity index (χ0n) is 72.9. The van der Waals surface area contributed by atoms with Crippen LogP contribution < -0.4 is 38.2 Å². The van der Waals surface area contributed by atoms with Crippen molar-refractivity contribution in [3.8, 4) is 34.5 Å². The largest absolute Gasteiger partial charge is 0.493 e. The third kappa shape index (κ3) is 21.7. The number of rotatable bonds is 30. The minimum absolute atomic E-state index is 0.00623. The van der Waals surface area contributed by atoms with Crippen molar-refractivity contribution in [1.29, 1.82) is 0 Å². The van der Waals surface area contributed by atoms with Crippen LogP contribution in [0.25, 0.3) is 0 Å². The summed E-state index contributed by atoms with van der Waals surface area (Å²) in [5, 5.41) is 55.0. The fourth-order valence-electron chi connectivity index (χ4n) is 16.1. The maximum atomic E-state index is 15.1. The van der Waals surface area contributed by atoms with Crippen LogP contribution in [0.1, 0.15) is 125 Å². The molecule has 0 radical (unpaired) electrons. The third-order valence-electron chi connectivity index (χ3n) is 21.6. The Balaban J connectivity index is 0.770. The summed E-state index contributed by atoms with van der Waals surface area (Å²) in [4.78, 5) is 192. The Kier molecular flexibility index (Phi) is 29.8. The summed E-state index contributed by atoms with van der Waals surface area (Å²) >= 11 is 2.77. The first-order valence-electron chi connectivity index (χ1n) is 40.8. The topological polar surface area (TPSA) is 514 Å². The number of thiophene rings is 2. The van der Waals surface area contributed by atoms with Crippen molar-refractivity contribution < 1.29 is 163 Å². The predicted molar refractivity (Wildman–Crippen MR) is 451 cm³/mol. The average molecular weight is 1870 g/mol. The molecule has 0 bridgehead atoms. The fourth-order valence-corrected chi connectivity index (χ4v) is 18.0. The first kappa shape index (κ1) is 95.7. The van der Waals surface area contributed by atoms with Crippen molar-refractivity contribution >= 4 is 117 Å². The van der Waals surface area contributed by atoms with E-state index in [1.165, 1.54) is 83.1 Å². The van der Waals surface area contributed by atoms with Gasteiger partial charge in [-0.2, -0.15) is 0 Å². The Morgan fingerprint density at radius 2 is 0.803 bits per heavy atom. The van der Waals surface area contributed by atoms with E-state index in [2.05, 4.69) is 0 Å². The summed E-state index contributed by atoms with van der Waals surface area (Å²) in [5.41, 5.74) is 1.06. The molecule has 132 heavy (non-hydrogen) atoms. The van der Waals surface area contributed by atoms with E-state index in [1.54, 1.807) is 6.07 Å². The van der Waals surface area contributed by atoms with E-state index in [0.717, 1.165) is 116 Å². The molecule has 2 unspecified atom stereocenters. The number of hydrogen-bond donors (Lipinski definition) is 2. The molecule has 0 saturated carbocycles. The van der Waals surface area contributed by atoms with Crippen LogP contribution in [-0.4, -0.2) is 234 Å². The zero-order chi connectivity index (χ0) is 95.1. The minimum Gasteiger partial charge on any atom is -0.493 e. The summed E-state index contributed by atoms with van der Waals surface area (Å²) < 4.78 is 104. The molecular formula is C87H91N7O36S2. The van der Waals surface area contributed by atoms with Crippen LogP contribution in [-0.2, 0) is 154 Å². The number of amides is 4. The number of methoxy groups -OCH3 is 2. The molecule has 6 aliphatic rings. The number of nitrogens with zero attached hydrogens (tertiary/aromatic N) is 7. The molecule has 4 amide bonds. The number of carbonyl (C=O) groups excluding carboxylic acids is 12. The lowest BCUT2D eigenvalue weighted by Crippen LogP contribution is -2.63. The molecule has 6 aliphatic heterocycles. The van der Waals surface area contributed by atoms with Crippen LogP contribution in [0.15, 0.2) is 102 Å². The van der Waals surface area contributed by atoms with E-state index in [1.807, 2.05) is 54.0 Å². The normalized spacial score (nSPS) is 22.2. The Labute approximate surface area is 759 Å². The second kappa shape index (κ2) is 41.1. The van der Waals surface area contributed by atoms with Crippen LogP contribution in [0.4, 0.5) is 32.3 Å². The number of hydrogen-bond acceptors (Lipinski definition) is 39. The molecular weight excluding hydrogens is 1780 g/mol. The molecule has 702 valence electrons. The van der Waals surface area contributed by atoms with Gasteiger partial charge < -0.3 is 110 Å². The number of anilines is 2. The van der Waals surface area contributed by atoms with E-state index in [9.17, 15) is 68.8 Å². The van der Waals surface area contributed by atoms with E-state index in [-0.39, 0.29) is 95.8 Å². The molecule has 2 saturated heterocycles. The second-order valence-electron chi connectivity index (χ2n) is 31.3. The Bertz CT molecular complexity index is 5330. The number of aliphatic hydroxyl groups excluding tert-OH is 2. The van der Waals surface area contributed by atoms with E-state index < -0.39 is 217 Å². The smallest absolute Gasteiger partial charge is 0.416 e. The molecule has 0 spiro atoms. The lowest BCUT2D eigenvalue weighted by molar-refractivity contribution is -0.387. The van der Waals surface area contributed by atoms with Crippen molar-refractivity contribution in [3.63, 3.8) is 0 Å². The monoisotopic (exact) mass is 1870 g/mol. The van der Waals surface area contributed by atoms with E-state index in [4.69, 9.17) is 85.3 Å². The second-order valence-corrected chi connectivity index (χ2v) is 33.3. The van der Waals surface area contributed by atoms with Crippen LogP contribution in [0.5, 0.6) is 34.5 Å². The van der Waals surface area contributed by atoms with Gasteiger partial charge in [0.1, 0.15) is 51.8 Å². The number of esters is 8. The van der Waals surface area contributed by atoms with Gasteiger partial charge in [0.15, 0.2) is 71.4 Å². The highest BCUT2D eigenvalue weighted by Crippen LogP contribution is 2.47. The summed E-state index contributed by atoms with van der Waals surface area (Å²) in [6, 6.07) is 19.0. The van der Waals surface area contributed by atoms with Crippen molar-refractivity contribution in [1.82, 2.24) is 14.7 Å². The van der Waals surface area contributed by atoms with Gasteiger partial charge in [0.05, 0.1) is 58.7 Å². The van der Waals surface area contributed by atoms with Crippen molar-refractivity contribution in [3.05, 3.63) is 182 Å². The van der Waals surface area contributed by atoms with Gasteiger partial charge in [-0.3, -0.25) is 68.2 Å². The first-order valence-corrected chi connectivity index (χ1v) is 42.6. The highest BCUT2D eigenvalue weighted by Gasteiger charge is 2.57. The zero-order valence-corrected chi connectivity index (χ0v) is 74.5. The SMILES string of the molecule is COc1cc2c(cc1OCc1cc(COc3cc4c(cc3OC)C(=O)N3Cc5ccsc5C[C@H]3C(O)N4C(=O)OCc3ccc(O[C@@H]4O[C@H](COC(C)=O)[C@H](OC(C)=O)[C@H](OC(C)=O)[C@H]4OC(C)=O)c([N+](=O)[O-])c3)cc(CN(C)C)c1)N(C(=O)OCc1ccc(O[C@@H]3O[C@H](COC(C)=O)[C@H](OC(C)=O)[C@H](OC(C)=O)[C@H]3OC(C)=O)c([N+](=O)[O-])c1)C(O)[C@@H]1Cc3sccc3CN1C2=O. The number of nitro groups is 2. The molecule has 13 rings (SSSR count). The molecule has 8 heterocycles. The standard InChI is InChI=1S/C87H91N7O36S2/c1-41(95)115-39-70-74(121-43(3)97)76(123-45(5)99)78(125-47(7)101)84(129-70)127-64-15-13-49(24-60(64)93(109)110)35-119-86(107)91-58-28-68(66(113-11)26-56(58)80(103)89-33-54-17-19-131-72(54)30-62(89)82(91)105)117-37-52-21-51(32-88(9)10)22-53(23-52)38-118-69-29-59-57(27-67(69)114-12)81(104)90-34-55-18-20-132-73(55)31-63(90)83(106)92(59)87(108)120-36-50-14-16-65(61(25-50)94(111)112)128-85-79(126-48(8)102)77(124-46(6)100)75(122-44(4)98)71(130-85)40-116-42(2)96/h13-29,62-63,70-71,74-79,82-85,105-106H,30-40H2,1-12H3/t62-,63-,70+,71+,74-,75-,76-,77-,78+,79+,82?,83?,84+,85+/m0/s1. The van der Waals surface area contributed by atoms with Crippen molar-refractivity contribution in [2.45, 2.75) is 200 Å². The van der Waals surface area contributed by atoms with Gasteiger partial charge in [-0.1, -0.05) is 24.3 Å².